The molecule has 1 atom stereocenters. The van der Waals surface area contributed by atoms with Crippen molar-refractivity contribution >= 4 is 0 Å². The Morgan fingerprint density at radius 1 is 1.44 bits per heavy atom. The van der Waals surface area contributed by atoms with Crippen LogP contribution in [0, 0.1) is 6.92 Å². The van der Waals surface area contributed by atoms with Gasteiger partial charge in [-0.15, -0.1) is 0 Å². The van der Waals surface area contributed by atoms with E-state index in [1.165, 1.54) is 11.1 Å². The van der Waals surface area contributed by atoms with Crippen LogP contribution in [-0.2, 0) is 11.8 Å². The lowest BCUT2D eigenvalue weighted by Crippen LogP contribution is -2.32. The van der Waals surface area contributed by atoms with E-state index < -0.39 is 0 Å². The van der Waals surface area contributed by atoms with E-state index in [0.29, 0.717) is 0 Å². The zero-order chi connectivity index (χ0) is 12.9. The number of benzene rings is 1. The fraction of sp³-hybridized carbons (Fsp3) is 0.600. The molecule has 0 aromatic heterocycles. The van der Waals surface area contributed by atoms with Crippen LogP contribution in [0.25, 0.3) is 0 Å². The van der Waals surface area contributed by atoms with Gasteiger partial charge in [0.15, 0.2) is 0 Å². The second-order valence-electron chi connectivity index (χ2n) is 5.62. The zero-order valence-corrected chi connectivity index (χ0v) is 11.4. The molecule has 0 radical (unpaired) electrons. The van der Waals surface area contributed by atoms with E-state index in [1.807, 2.05) is 0 Å². The predicted molar refractivity (Wildman–Crippen MR) is 71.5 cm³/mol. The average Bonchev–Trinajstić information content (AvgIpc) is 3.01. The smallest absolute Gasteiger partial charge is 0.126 e. The monoisotopic (exact) mass is 247 g/mol. The maximum atomic E-state index is 6.24. The van der Waals surface area contributed by atoms with Gasteiger partial charge in [-0.05, 0) is 38.3 Å². The number of fused-ring (bicyclic) bond motifs is 1. The van der Waals surface area contributed by atoms with Gasteiger partial charge >= 0.3 is 0 Å². The quantitative estimate of drug-likeness (QED) is 0.891. The van der Waals surface area contributed by atoms with Crippen molar-refractivity contribution in [1.82, 2.24) is 0 Å². The average molecular weight is 247 g/mol. The van der Waals surface area contributed by atoms with Crippen LogP contribution < -0.4 is 15.2 Å². The van der Waals surface area contributed by atoms with Crippen LogP contribution in [-0.4, -0.2) is 19.8 Å². The van der Waals surface area contributed by atoms with Crippen molar-refractivity contribution in [2.45, 2.75) is 44.6 Å². The second-order valence-corrected chi connectivity index (χ2v) is 5.62. The predicted octanol–water partition coefficient (Wildman–Crippen LogP) is 2.32. The van der Waals surface area contributed by atoms with E-state index in [2.05, 4.69) is 19.9 Å². The van der Waals surface area contributed by atoms with Gasteiger partial charge in [0, 0.05) is 29.0 Å². The number of methoxy groups -OCH3 is 1. The van der Waals surface area contributed by atoms with Crippen LogP contribution >= 0.6 is 0 Å². The molecule has 3 rings (SSSR count). The number of ether oxygens (including phenoxy) is 2. The lowest BCUT2D eigenvalue weighted by atomic mass is 9.83. The maximum Gasteiger partial charge on any atom is 0.126 e. The summed E-state index contributed by atoms with van der Waals surface area (Å²) in [6, 6.07) is 2.26. The van der Waals surface area contributed by atoms with Crippen molar-refractivity contribution < 1.29 is 9.47 Å². The van der Waals surface area contributed by atoms with Crippen LogP contribution in [0.2, 0.25) is 0 Å². The summed E-state index contributed by atoms with van der Waals surface area (Å²) >= 11 is 0. The van der Waals surface area contributed by atoms with Crippen LogP contribution in [0.3, 0.4) is 0 Å². The molecule has 1 aliphatic carbocycles. The highest BCUT2D eigenvalue weighted by Gasteiger charge is 2.51. The van der Waals surface area contributed by atoms with Gasteiger partial charge < -0.3 is 15.2 Å². The number of rotatable bonds is 3. The minimum absolute atomic E-state index is 0.120. The van der Waals surface area contributed by atoms with Crippen molar-refractivity contribution in [1.29, 1.82) is 0 Å². The maximum absolute atomic E-state index is 6.24. The third-order valence-corrected chi connectivity index (χ3v) is 4.50. The molecule has 0 bridgehead atoms. The first-order valence-corrected chi connectivity index (χ1v) is 6.69. The van der Waals surface area contributed by atoms with Gasteiger partial charge in [-0.25, -0.2) is 0 Å². The van der Waals surface area contributed by atoms with E-state index >= 15 is 0 Å². The molecule has 3 heteroatoms. The Labute approximate surface area is 108 Å². The van der Waals surface area contributed by atoms with Gasteiger partial charge in [-0.2, -0.15) is 0 Å². The van der Waals surface area contributed by atoms with Crippen LogP contribution in [0.15, 0.2) is 6.07 Å². The van der Waals surface area contributed by atoms with Gasteiger partial charge in [0.2, 0.25) is 0 Å². The number of nitrogens with two attached hydrogens (primary N) is 1. The van der Waals surface area contributed by atoms with Gasteiger partial charge in [0.05, 0.1) is 13.7 Å². The van der Waals surface area contributed by atoms with Gasteiger partial charge in [0.1, 0.15) is 11.5 Å². The topological polar surface area (TPSA) is 44.5 Å². The van der Waals surface area contributed by atoms with Crippen molar-refractivity contribution in [2.24, 2.45) is 5.73 Å². The highest BCUT2D eigenvalue weighted by atomic mass is 16.5. The molecule has 1 saturated carbocycles. The molecular formula is C15H21NO2. The van der Waals surface area contributed by atoms with E-state index in [1.54, 1.807) is 7.11 Å². The molecule has 1 aromatic carbocycles. The summed E-state index contributed by atoms with van der Waals surface area (Å²) in [5, 5.41) is 0. The summed E-state index contributed by atoms with van der Waals surface area (Å²) in [6.45, 7) is 4.97. The third kappa shape index (κ3) is 1.46. The van der Waals surface area contributed by atoms with Gasteiger partial charge in [-0.1, -0.05) is 0 Å². The fourth-order valence-electron chi connectivity index (χ4n) is 3.30. The van der Waals surface area contributed by atoms with E-state index in [-0.39, 0.29) is 11.5 Å². The summed E-state index contributed by atoms with van der Waals surface area (Å²) in [6.07, 6.45) is 3.31. The van der Waals surface area contributed by atoms with Gasteiger partial charge in [-0.3, -0.25) is 0 Å². The number of hydrogen-bond donors (Lipinski definition) is 1. The molecule has 0 saturated heterocycles. The Balaban J connectivity index is 2.24. The summed E-state index contributed by atoms with van der Waals surface area (Å²) in [5.74, 6) is 2.06. The molecule has 1 heterocycles. The summed E-state index contributed by atoms with van der Waals surface area (Å²) in [5.41, 5.74) is 10.2. The van der Waals surface area contributed by atoms with Crippen molar-refractivity contribution in [3.8, 4) is 11.5 Å². The Morgan fingerprint density at radius 3 is 2.72 bits per heavy atom. The Bertz CT molecular complexity index is 486. The van der Waals surface area contributed by atoms with Crippen LogP contribution in [0.4, 0.5) is 0 Å². The molecule has 1 fully saturated rings. The molecule has 1 unspecified atom stereocenters. The molecule has 2 N–H and O–H groups in total. The molecule has 18 heavy (non-hydrogen) atoms. The fourth-order valence-corrected chi connectivity index (χ4v) is 3.30. The largest absolute Gasteiger partial charge is 0.496 e. The Morgan fingerprint density at radius 2 is 2.17 bits per heavy atom. The van der Waals surface area contributed by atoms with E-state index in [0.717, 1.165) is 42.9 Å². The summed E-state index contributed by atoms with van der Waals surface area (Å²) < 4.78 is 11.4. The van der Waals surface area contributed by atoms with Crippen molar-refractivity contribution in [2.75, 3.05) is 13.7 Å². The summed E-state index contributed by atoms with van der Waals surface area (Å²) in [4.78, 5) is 0. The molecule has 3 nitrogen and oxygen atoms in total. The Hall–Kier alpha value is -1.22. The highest BCUT2D eigenvalue weighted by Crippen LogP contribution is 2.57. The van der Waals surface area contributed by atoms with Crippen LogP contribution in [0.5, 0.6) is 11.5 Å². The van der Waals surface area contributed by atoms with E-state index in [9.17, 15) is 0 Å². The molecule has 0 amide bonds. The first-order chi connectivity index (χ1) is 8.60. The van der Waals surface area contributed by atoms with Crippen LogP contribution in [0.1, 0.15) is 36.5 Å². The first-order valence-electron chi connectivity index (χ1n) is 6.69. The number of aryl methyl sites for hydroxylation is 1. The molecule has 0 spiro atoms. The second kappa shape index (κ2) is 3.89. The van der Waals surface area contributed by atoms with Crippen molar-refractivity contribution in [3.63, 3.8) is 0 Å². The SMILES string of the molecule is COc1c(C)cc2c(c1C1(C(C)N)CC1)CCO2. The summed E-state index contributed by atoms with van der Waals surface area (Å²) in [7, 11) is 1.76. The Kier molecular flexibility index (Phi) is 2.56. The molecule has 1 aromatic rings. The minimum atomic E-state index is 0.120. The molecule has 98 valence electrons. The normalized spacial score (nSPS) is 21.1. The molecule has 2 aliphatic rings. The lowest BCUT2D eigenvalue weighted by molar-refractivity contribution is 0.355. The van der Waals surface area contributed by atoms with Crippen molar-refractivity contribution in [3.05, 3.63) is 22.8 Å². The molecule has 1 aliphatic heterocycles. The van der Waals surface area contributed by atoms with E-state index in [4.69, 9.17) is 15.2 Å². The minimum Gasteiger partial charge on any atom is -0.496 e. The first kappa shape index (κ1) is 11.8. The standard InChI is InChI=1S/C15H21NO2/c1-9-8-12-11(4-7-18-12)13(14(9)17-3)15(5-6-15)10(2)16/h8,10H,4-7,16H2,1-3H3. The zero-order valence-electron chi connectivity index (χ0n) is 11.4. The molecular weight excluding hydrogens is 226 g/mol. The van der Waals surface area contributed by atoms with Gasteiger partial charge in [0.25, 0.3) is 0 Å². The number of hydrogen-bond acceptors (Lipinski definition) is 3. The lowest BCUT2D eigenvalue weighted by Gasteiger charge is -2.26. The third-order valence-electron chi connectivity index (χ3n) is 4.50. The highest BCUT2D eigenvalue weighted by molar-refractivity contribution is 5.60.